The van der Waals surface area contributed by atoms with Crippen LogP contribution in [0.5, 0.6) is 0 Å². The van der Waals surface area contributed by atoms with E-state index in [-0.39, 0.29) is 16.5 Å². The van der Waals surface area contributed by atoms with E-state index in [1.807, 2.05) is 6.92 Å². The molecule has 0 unspecified atom stereocenters. The molecule has 4 nitrogen and oxygen atoms in total. The minimum absolute atomic E-state index is 0.0184. The van der Waals surface area contributed by atoms with E-state index in [4.69, 9.17) is 0 Å². The van der Waals surface area contributed by atoms with Crippen LogP contribution < -0.4 is 10.0 Å². The predicted molar refractivity (Wildman–Crippen MR) is 71.9 cm³/mol. The van der Waals surface area contributed by atoms with Crippen molar-refractivity contribution in [3.05, 3.63) is 29.1 Å². The second kappa shape index (κ2) is 5.56. The van der Waals surface area contributed by atoms with Crippen molar-refractivity contribution in [3.63, 3.8) is 0 Å². The van der Waals surface area contributed by atoms with Gasteiger partial charge >= 0.3 is 0 Å². The zero-order valence-electron chi connectivity index (χ0n) is 11.2. The Hall–Kier alpha value is -0.980. The summed E-state index contributed by atoms with van der Waals surface area (Å²) in [5, 5.41) is 3.06. The quantitative estimate of drug-likeness (QED) is 0.836. The number of rotatable bonds is 6. The third-order valence-corrected chi connectivity index (χ3v) is 4.77. The van der Waals surface area contributed by atoms with E-state index in [0.717, 1.165) is 19.4 Å². The molecule has 1 aromatic rings. The lowest BCUT2D eigenvalue weighted by molar-refractivity contribution is 0.572. The molecule has 0 radical (unpaired) electrons. The van der Waals surface area contributed by atoms with E-state index in [1.165, 1.54) is 13.0 Å². The van der Waals surface area contributed by atoms with Gasteiger partial charge in [0, 0.05) is 18.2 Å². The summed E-state index contributed by atoms with van der Waals surface area (Å²) in [6.45, 7) is 4.64. The van der Waals surface area contributed by atoms with Gasteiger partial charge in [-0.1, -0.05) is 6.92 Å². The molecule has 2 N–H and O–H groups in total. The van der Waals surface area contributed by atoms with Crippen LogP contribution in [0.15, 0.2) is 17.0 Å². The molecule has 1 aromatic carbocycles. The van der Waals surface area contributed by atoms with E-state index >= 15 is 0 Å². The number of hydrogen-bond acceptors (Lipinski definition) is 3. The highest BCUT2D eigenvalue weighted by molar-refractivity contribution is 7.89. The van der Waals surface area contributed by atoms with Crippen LogP contribution in [0, 0.1) is 12.7 Å². The molecular formula is C13H19FN2O2S. The zero-order valence-corrected chi connectivity index (χ0v) is 12.0. The van der Waals surface area contributed by atoms with Gasteiger partial charge in [0.2, 0.25) is 10.0 Å². The van der Waals surface area contributed by atoms with Crippen molar-refractivity contribution in [3.8, 4) is 0 Å². The molecule has 0 spiro atoms. The Morgan fingerprint density at radius 1 is 1.37 bits per heavy atom. The van der Waals surface area contributed by atoms with Crippen LogP contribution in [0.1, 0.15) is 30.9 Å². The average Bonchev–Trinajstić information content (AvgIpc) is 3.13. The highest BCUT2D eigenvalue weighted by Crippen LogP contribution is 2.25. The van der Waals surface area contributed by atoms with Gasteiger partial charge in [-0.3, -0.25) is 0 Å². The molecule has 0 aliphatic heterocycles. The molecule has 2 rings (SSSR count). The standard InChI is InChI=1S/C13H19FN2O2S/c1-3-15-8-10-6-12(14)9(2)13(7-10)19(17,18)16-11-4-5-11/h6-7,11,15-16H,3-5,8H2,1-2H3. The first kappa shape index (κ1) is 14.4. The molecule has 0 saturated heterocycles. The fourth-order valence-electron chi connectivity index (χ4n) is 1.84. The van der Waals surface area contributed by atoms with Gasteiger partial charge in [0.15, 0.2) is 0 Å². The second-order valence-corrected chi connectivity index (χ2v) is 6.56. The minimum Gasteiger partial charge on any atom is -0.313 e. The van der Waals surface area contributed by atoms with Crippen molar-refractivity contribution < 1.29 is 12.8 Å². The maximum Gasteiger partial charge on any atom is 0.241 e. The van der Waals surface area contributed by atoms with Gasteiger partial charge in [-0.2, -0.15) is 0 Å². The van der Waals surface area contributed by atoms with Crippen molar-refractivity contribution in [2.45, 2.75) is 44.2 Å². The normalized spacial score (nSPS) is 15.7. The van der Waals surface area contributed by atoms with Gasteiger partial charge < -0.3 is 5.32 Å². The van der Waals surface area contributed by atoms with Crippen LogP contribution >= 0.6 is 0 Å². The zero-order chi connectivity index (χ0) is 14.0. The Morgan fingerprint density at radius 2 is 2.05 bits per heavy atom. The van der Waals surface area contributed by atoms with Crippen LogP contribution in [0.25, 0.3) is 0 Å². The van der Waals surface area contributed by atoms with Crippen LogP contribution in [-0.4, -0.2) is 21.0 Å². The highest BCUT2D eigenvalue weighted by atomic mass is 32.2. The number of hydrogen-bond donors (Lipinski definition) is 2. The average molecular weight is 286 g/mol. The molecule has 1 fully saturated rings. The summed E-state index contributed by atoms with van der Waals surface area (Å²) >= 11 is 0. The van der Waals surface area contributed by atoms with E-state index in [2.05, 4.69) is 10.0 Å². The Kier molecular flexibility index (Phi) is 4.23. The van der Waals surface area contributed by atoms with Gasteiger partial charge in [0.05, 0.1) is 4.90 Å². The first-order valence-electron chi connectivity index (χ1n) is 6.46. The fourth-order valence-corrected chi connectivity index (χ4v) is 3.45. The lowest BCUT2D eigenvalue weighted by Gasteiger charge is -2.12. The monoisotopic (exact) mass is 286 g/mol. The molecule has 106 valence electrons. The summed E-state index contributed by atoms with van der Waals surface area (Å²) in [5.74, 6) is -0.480. The number of halogens is 1. The Bertz CT molecular complexity index is 568. The first-order valence-corrected chi connectivity index (χ1v) is 7.94. The molecule has 0 heterocycles. The largest absolute Gasteiger partial charge is 0.313 e. The van der Waals surface area contributed by atoms with Crippen molar-refractivity contribution in [2.75, 3.05) is 6.54 Å². The maximum atomic E-state index is 13.8. The third kappa shape index (κ3) is 3.52. The Morgan fingerprint density at radius 3 is 2.63 bits per heavy atom. The van der Waals surface area contributed by atoms with Gasteiger partial charge in [0.25, 0.3) is 0 Å². The van der Waals surface area contributed by atoms with E-state index in [9.17, 15) is 12.8 Å². The molecule has 1 aliphatic carbocycles. The van der Waals surface area contributed by atoms with Crippen molar-refractivity contribution in [2.24, 2.45) is 0 Å². The van der Waals surface area contributed by atoms with E-state index in [0.29, 0.717) is 12.1 Å². The van der Waals surface area contributed by atoms with E-state index in [1.54, 1.807) is 6.07 Å². The second-order valence-electron chi connectivity index (χ2n) is 4.88. The highest BCUT2D eigenvalue weighted by Gasteiger charge is 2.29. The topological polar surface area (TPSA) is 58.2 Å². The maximum absolute atomic E-state index is 13.8. The summed E-state index contributed by atoms with van der Waals surface area (Å²) in [5.41, 5.74) is 0.814. The van der Waals surface area contributed by atoms with Crippen molar-refractivity contribution in [1.29, 1.82) is 0 Å². The van der Waals surface area contributed by atoms with Gasteiger partial charge in [0.1, 0.15) is 5.82 Å². The van der Waals surface area contributed by atoms with Crippen LogP contribution in [-0.2, 0) is 16.6 Å². The minimum atomic E-state index is -3.62. The molecule has 0 bridgehead atoms. The summed E-state index contributed by atoms with van der Waals surface area (Å²) in [6.07, 6.45) is 1.72. The molecule has 1 saturated carbocycles. The molecule has 0 amide bonds. The third-order valence-electron chi connectivity index (χ3n) is 3.12. The van der Waals surface area contributed by atoms with Crippen molar-refractivity contribution >= 4 is 10.0 Å². The van der Waals surface area contributed by atoms with Crippen LogP contribution in [0.4, 0.5) is 4.39 Å². The predicted octanol–water partition coefficient (Wildman–Crippen LogP) is 1.68. The van der Waals surface area contributed by atoms with Crippen molar-refractivity contribution in [1.82, 2.24) is 10.0 Å². The van der Waals surface area contributed by atoms with Gasteiger partial charge in [-0.15, -0.1) is 0 Å². The smallest absolute Gasteiger partial charge is 0.241 e. The summed E-state index contributed by atoms with van der Waals surface area (Å²) in [7, 11) is -3.62. The van der Waals surface area contributed by atoms with E-state index < -0.39 is 15.8 Å². The van der Waals surface area contributed by atoms with Crippen LogP contribution in [0.3, 0.4) is 0 Å². The molecule has 19 heavy (non-hydrogen) atoms. The lowest BCUT2D eigenvalue weighted by atomic mass is 10.1. The number of benzene rings is 1. The number of nitrogens with one attached hydrogen (secondary N) is 2. The summed E-state index contributed by atoms with van der Waals surface area (Å²) in [6, 6.07) is 2.95. The number of sulfonamides is 1. The summed E-state index contributed by atoms with van der Waals surface area (Å²) < 4.78 is 40.8. The molecule has 1 aliphatic rings. The molecule has 0 atom stereocenters. The Labute approximate surface area is 113 Å². The van der Waals surface area contributed by atoms with Crippen LogP contribution in [0.2, 0.25) is 0 Å². The molecule has 6 heteroatoms. The van der Waals surface area contributed by atoms with Gasteiger partial charge in [-0.05, 0) is 44.0 Å². The molecule has 0 aromatic heterocycles. The molecular weight excluding hydrogens is 267 g/mol. The first-order chi connectivity index (χ1) is 8.94. The fraction of sp³-hybridized carbons (Fsp3) is 0.538. The lowest BCUT2D eigenvalue weighted by Crippen LogP contribution is -2.27. The Balaban J connectivity index is 2.34. The van der Waals surface area contributed by atoms with Gasteiger partial charge in [-0.25, -0.2) is 17.5 Å². The summed E-state index contributed by atoms with van der Waals surface area (Å²) in [4.78, 5) is 0.0484. The SMILES string of the molecule is CCNCc1cc(F)c(C)c(S(=O)(=O)NC2CC2)c1.